The van der Waals surface area contributed by atoms with Crippen LogP contribution in [0.15, 0.2) is 54.6 Å². The first-order valence-corrected chi connectivity index (χ1v) is 7.83. The summed E-state index contributed by atoms with van der Waals surface area (Å²) in [5.41, 5.74) is 0.394. The molecule has 0 heterocycles. The van der Waals surface area contributed by atoms with Crippen molar-refractivity contribution in [1.29, 1.82) is 0 Å². The number of rotatable bonds is 7. The Labute approximate surface area is 146 Å². The van der Waals surface area contributed by atoms with Gasteiger partial charge in [-0.15, -0.1) is 0 Å². The third-order valence-electron chi connectivity index (χ3n) is 3.52. The zero-order chi connectivity index (χ0) is 18.2. The fourth-order valence-electron chi connectivity index (χ4n) is 2.08. The molecule has 2 aromatic carbocycles. The maximum Gasteiger partial charge on any atom is 0.347 e. The molecular weight excluding hydrogens is 325 g/mol. The van der Waals surface area contributed by atoms with E-state index in [9.17, 15) is 14.0 Å². The third-order valence-corrected chi connectivity index (χ3v) is 3.52. The molecule has 0 aliphatic rings. The monoisotopic (exact) mass is 345 g/mol. The molecule has 0 bridgehead atoms. The fourth-order valence-corrected chi connectivity index (χ4v) is 2.08. The lowest BCUT2D eigenvalue weighted by atomic mass is 10.2. The van der Waals surface area contributed by atoms with Crippen molar-refractivity contribution in [2.45, 2.75) is 19.6 Å². The summed E-state index contributed by atoms with van der Waals surface area (Å²) >= 11 is 0. The topological polar surface area (TPSA) is 55.8 Å². The van der Waals surface area contributed by atoms with Gasteiger partial charge in [-0.2, -0.15) is 0 Å². The Balaban J connectivity index is 1.80. The van der Waals surface area contributed by atoms with E-state index in [-0.39, 0.29) is 12.4 Å². The number of carbonyl (C=O) groups excluding carboxylic acids is 2. The predicted octanol–water partition coefficient (Wildman–Crippen LogP) is 2.79. The summed E-state index contributed by atoms with van der Waals surface area (Å²) in [6, 6.07) is 15.0. The maximum absolute atomic E-state index is 13.6. The van der Waals surface area contributed by atoms with Crippen LogP contribution in [0.1, 0.15) is 12.5 Å². The molecule has 0 radical (unpaired) electrons. The van der Waals surface area contributed by atoms with Gasteiger partial charge in [0.2, 0.25) is 0 Å². The molecule has 25 heavy (non-hydrogen) atoms. The second kappa shape index (κ2) is 8.82. The van der Waals surface area contributed by atoms with Crippen molar-refractivity contribution in [3.8, 4) is 5.75 Å². The van der Waals surface area contributed by atoms with Crippen LogP contribution in [0.3, 0.4) is 0 Å². The quantitative estimate of drug-likeness (QED) is 0.724. The van der Waals surface area contributed by atoms with Gasteiger partial charge in [-0.25, -0.2) is 9.18 Å². The highest BCUT2D eigenvalue weighted by molar-refractivity contribution is 5.81. The number of benzene rings is 2. The minimum atomic E-state index is -0.841. The number of carbonyl (C=O) groups is 2. The molecule has 0 fully saturated rings. The van der Waals surface area contributed by atoms with Crippen LogP contribution >= 0.6 is 0 Å². The zero-order valence-corrected chi connectivity index (χ0v) is 14.1. The highest BCUT2D eigenvalue weighted by Crippen LogP contribution is 2.12. The molecule has 2 aromatic rings. The lowest BCUT2D eigenvalue weighted by Crippen LogP contribution is -2.34. The van der Waals surface area contributed by atoms with Gasteiger partial charge in [-0.05, 0) is 25.1 Å². The van der Waals surface area contributed by atoms with E-state index in [1.54, 1.807) is 49.4 Å². The zero-order valence-electron chi connectivity index (χ0n) is 14.1. The lowest BCUT2D eigenvalue weighted by molar-refractivity contribution is -0.157. The molecule has 0 N–H and O–H groups in total. The van der Waals surface area contributed by atoms with E-state index >= 15 is 0 Å². The van der Waals surface area contributed by atoms with E-state index < -0.39 is 24.6 Å². The maximum atomic E-state index is 13.6. The summed E-state index contributed by atoms with van der Waals surface area (Å²) in [7, 11) is 1.52. The average molecular weight is 345 g/mol. The molecule has 1 amide bonds. The Bertz CT molecular complexity index is 720. The van der Waals surface area contributed by atoms with Crippen molar-refractivity contribution in [3.05, 3.63) is 66.0 Å². The summed E-state index contributed by atoms with van der Waals surface area (Å²) in [4.78, 5) is 25.2. The molecule has 1 unspecified atom stereocenters. The number of halogens is 1. The molecule has 132 valence electrons. The smallest absolute Gasteiger partial charge is 0.347 e. The standard InChI is InChI=1S/C19H20FNO4/c1-14(25-16-9-4-3-5-10-16)19(23)24-13-18(22)21(2)12-15-8-6-7-11-17(15)20/h3-11,14H,12-13H2,1-2H3. The van der Waals surface area contributed by atoms with E-state index in [2.05, 4.69) is 0 Å². The van der Waals surface area contributed by atoms with Gasteiger partial charge in [0, 0.05) is 19.2 Å². The molecule has 1 atom stereocenters. The lowest BCUT2D eigenvalue weighted by Gasteiger charge is -2.18. The SMILES string of the molecule is CC(Oc1ccccc1)C(=O)OCC(=O)N(C)Cc1ccccc1F. The minimum Gasteiger partial charge on any atom is -0.479 e. The normalized spacial score (nSPS) is 11.5. The van der Waals surface area contributed by atoms with Crippen molar-refractivity contribution < 1.29 is 23.5 Å². The molecule has 0 spiro atoms. The number of para-hydroxylation sites is 1. The number of nitrogens with zero attached hydrogens (tertiary/aromatic N) is 1. The third kappa shape index (κ3) is 5.60. The molecule has 0 saturated heterocycles. The Morgan fingerprint density at radius 3 is 2.40 bits per heavy atom. The van der Waals surface area contributed by atoms with Crippen LogP contribution < -0.4 is 4.74 Å². The molecule has 0 aliphatic carbocycles. The highest BCUT2D eigenvalue weighted by Gasteiger charge is 2.19. The summed E-state index contributed by atoms with van der Waals surface area (Å²) in [5, 5.41) is 0. The van der Waals surface area contributed by atoms with Gasteiger partial charge >= 0.3 is 5.97 Å². The summed E-state index contributed by atoms with van der Waals surface area (Å²) in [6.07, 6.45) is -0.841. The van der Waals surface area contributed by atoms with Crippen LogP contribution in [-0.2, 0) is 20.9 Å². The highest BCUT2D eigenvalue weighted by atomic mass is 19.1. The summed E-state index contributed by atoms with van der Waals surface area (Å²) in [5.74, 6) is -0.918. The molecule has 2 rings (SSSR count). The van der Waals surface area contributed by atoms with Gasteiger partial charge in [-0.3, -0.25) is 4.79 Å². The van der Waals surface area contributed by atoms with Crippen LogP contribution in [0, 0.1) is 5.82 Å². The molecule has 6 heteroatoms. The van der Waals surface area contributed by atoms with Crippen LogP contribution in [0.2, 0.25) is 0 Å². The van der Waals surface area contributed by atoms with Gasteiger partial charge in [0.25, 0.3) is 5.91 Å². The summed E-state index contributed by atoms with van der Waals surface area (Å²) < 4.78 is 24.0. The van der Waals surface area contributed by atoms with Crippen molar-refractivity contribution in [2.75, 3.05) is 13.7 Å². The average Bonchev–Trinajstić information content (AvgIpc) is 2.62. The van der Waals surface area contributed by atoms with Gasteiger partial charge in [0.1, 0.15) is 11.6 Å². The van der Waals surface area contributed by atoms with Gasteiger partial charge in [-0.1, -0.05) is 36.4 Å². The van der Waals surface area contributed by atoms with Crippen LogP contribution in [0.25, 0.3) is 0 Å². The predicted molar refractivity (Wildman–Crippen MR) is 90.4 cm³/mol. The van der Waals surface area contributed by atoms with Gasteiger partial charge in [0.15, 0.2) is 12.7 Å². The largest absolute Gasteiger partial charge is 0.479 e. The second-order valence-corrected chi connectivity index (χ2v) is 5.52. The number of esters is 1. The fraction of sp³-hybridized carbons (Fsp3) is 0.263. The van der Waals surface area contributed by atoms with Crippen molar-refractivity contribution in [1.82, 2.24) is 4.90 Å². The van der Waals surface area contributed by atoms with Gasteiger partial charge < -0.3 is 14.4 Å². The Hall–Kier alpha value is -2.89. The van der Waals surface area contributed by atoms with Gasteiger partial charge in [0.05, 0.1) is 0 Å². The Kier molecular flexibility index (Phi) is 6.51. The Morgan fingerprint density at radius 2 is 1.72 bits per heavy atom. The van der Waals surface area contributed by atoms with E-state index in [0.717, 1.165) is 0 Å². The molecule has 0 saturated carbocycles. The van der Waals surface area contributed by atoms with E-state index in [0.29, 0.717) is 11.3 Å². The minimum absolute atomic E-state index is 0.0964. The van der Waals surface area contributed by atoms with E-state index in [1.807, 2.05) is 6.07 Å². The molecule has 0 aromatic heterocycles. The van der Waals surface area contributed by atoms with Crippen molar-refractivity contribution in [3.63, 3.8) is 0 Å². The first-order valence-electron chi connectivity index (χ1n) is 7.83. The summed E-state index contributed by atoms with van der Waals surface area (Å²) in [6.45, 7) is 1.22. The number of hydrogen-bond acceptors (Lipinski definition) is 4. The second-order valence-electron chi connectivity index (χ2n) is 5.52. The first kappa shape index (κ1) is 18.4. The number of hydrogen-bond donors (Lipinski definition) is 0. The first-order chi connectivity index (χ1) is 12.0. The molecule has 0 aliphatic heterocycles. The molecule has 5 nitrogen and oxygen atoms in total. The van der Waals surface area contributed by atoms with E-state index in [4.69, 9.17) is 9.47 Å². The van der Waals surface area contributed by atoms with Crippen molar-refractivity contribution >= 4 is 11.9 Å². The number of ether oxygens (including phenoxy) is 2. The van der Waals surface area contributed by atoms with E-state index in [1.165, 1.54) is 18.0 Å². The van der Waals surface area contributed by atoms with Crippen LogP contribution in [0.5, 0.6) is 5.75 Å². The van der Waals surface area contributed by atoms with Crippen LogP contribution in [0.4, 0.5) is 4.39 Å². The van der Waals surface area contributed by atoms with Crippen molar-refractivity contribution in [2.24, 2.45) is 0 Å². The number of amides is 1. The molecular formula is C19H20FNO4. The van der Waals surface area contributed by atoms with Crippen LogP contribution in [-0.4, -0.2) is 36.5 Å². The Morgan fingerprint density at radius 1 is 1.08 bits per heavy atom. The number of likely N-dealkylation sites (N-methyl/N-ethyl adjacent to an activating group) is 1.